The van der Waals surface area contributed by atoms with Crippen molar-refractivity contribution in [1.29, 1.82) is 0 Å². The summed E-state index contributed by atoms with van der Waals surface area (Å²) in [5.74, 6) is -0.424. The summed E-state index contributed by atoms with van der Waals surface area (Å²) < 4.78 is 0. The van der Waals surface area contributed by atoms with Crippen molar-refractivity contribution in [2.24, 2.45) is 0 Å². The number of pyridine rings is 1. The van der Waals surface area contributed by atoms with E-state index in [1.165, 1.54) is 11.8 Å². The predicted molar refractivity (Wildman–Crippen MR) is 59.5 cm³/mol. The van der Waals surface area contributed by atoms with Crippen LogP contribution in [0, 0.1) is 0 Å². The monoisotopic (exact) mass is 221 g/mol. The quantitative estimate of drug-likeness (QED) is 0.801. The number of likely N-dealkylation sites (N-methyl/N-ethyl adjacent to an activating group) is 1. The number of carbonyl (C=O) groups is 2. The number of carbonyl (C=O) groups excluding carboxylic acids is 2. The van der Waals surface area contributed by atoms with E-state index in [1.54, 1.807) is 38.6 Å². The first kappa shape index (κ1) is 12.2. The van der Waals surface area contributed by atoms with Crippen molar-refractivity contribution in [3.05, 3.63) is 30.1 Å². The molecule has 2 amide bonds. The Morgan fingerprint density at radius 1 is 1.44 bits per heavy atom. The van der Waals surface area contributed by atoms with Gasteiger partial charge in [0.2, 0.25) is 11.8 Å². The van der Waals surface area contributed by atoms with E-state index in [0.717, 1.165) is 0 Å². The standard InChI is InChI=1S/C11H15N3O2/c1-8(15)13-10(11(16)14(2)3)9-5-4-6-12-7-9/h4-7,10H,1-3H3,(H,13,15). The van der Waals surface area contributed by atoms with Gasteiger partial charge in [0.1, 0.15) is 6.04 Å². The summed E-state index contributed by atoms with van der Waals surface area (Å²) in [5, 5.41) is 2.61. The van der Waals surface area contributed by atoms with E-state index in [2.05, 4.69) is 10.3 Å². The highest BCUT2D eigenvalue weighted by atomic mass is 16.2. The van der Waals surface area contributed by atoms with Crippen molar-refractivity contribution in [3.8, 4) is 0 Å². The normalized spacial score (nSPS) is 11.7. The Labute approximate surface area is 94.5 Å². The molecule has 0 aliphatic rings. The summed E-state index contributed by atoms with van der Waals surface area (Å²) >= 11 is 0. The number of hydrogen-bond donors (Lipinski definition) is 1. The molecule has 0 saturated heterocycles. The summed E-state index contributed by atoms with van der Waals surface area (Å²) in [6.45, 7) is 1.38. The maximum Gasteiger partial charge on any atom is 0.249 e. The number of hydrogen-bond acceptors (Lipinski definition) is 3. The second-order valence-electron chi connectivity index (χ2n) is 3.65. The second-order valence-corrected chi connectivity index (χ2v) is 3.65. The van der Waals surface area contributed by atoms with Crippen molar-refractivity contribution in [2.45, 2.75) is 13.0 Å². The van der Waals surface area contributed by atoms with Gasteiger partial charge < -0.3 is 10.2 Å². The van der Waals surface area contributed by atoms with Crippen molar-refractivity contribution in [2.75, 3.05) is 14.1 Å². The van der Waals surface area contributed by atoms with Crippen LogP contribution < -0.4 is 5.32 Å². The summed E-state index contributed by atoms with van der Waals surface area (Å²) in [6, 6.07) is 2.82. The highest BCUT2D eigenvalue weighted by Gasteiger charge is 2.22. The highest BCUT2D eigenvalue weighted by molar-refractivity contribution is 5.87. The van der Waals surface area contributed by atoms with Crippen LogP contribution in [0.2, 0.25) is 0 Å². The lowest BCUT2D eigenvalue weighted by Gasteiger charge is -2.21. The topological polar surface area (TPSA) is 62.3 Å². The van der Waals surface area contributed by atoms with E-state index < -0.39 is 6.04 Å². The molecule has 1 aromatic heterocycles. The average molecular weight is 221 g/mol. The molecule has 0 bridgehead atoms. The molecule has 5 heteroatoms. The van der Waals surface area contributed by atoms with Crippen LogP contribution >= 0.6 is 0 Å². The molecule has 0 saturated carbocycles. The molecule has 0 fully saturated rings. The molecule has 1 N–H and O–H groups in total. The van der Waals surface area contributed by atoms with Gasteiger partial charge in [0, 0.05) is 39.0 Å². The van der Waals surface area contributed by atoms with Crippen LogP contribution in [0.25, 0.3) is 0 Å². The van der Waals surface area contributed by atoms with Gasteiger partial charge in [-0.1, -0.05) is 6.07 Å². The predicted octanol–water partition coefficient (Wildman–Crippen LogP) is 0.347. The van der Waals surface area contributed by atoms with Crippen LogP contribution in [0.4, 0.5) is 0 Å². The third-order valence-electron chi connectivity index (χ3n) is 2.05. The molecular formula is C11H15N3O2. The lowest BCUT2D eigenvalue weighted by Crippen LogP contribution is -2.38. The number of amides is 2. The van der Waals surface area contributed by atoms with Gasteiger partial charge in [-0.25, -0.2) is 0 Å². The van der Waals surface area contributed by atoms with Crippen LogP contribution in [-0.2, 0) is 9.59 Å². The van der Waals surface area contributed by atoms with Gasteiger partial charge >= 0.3 is 0 Å². The third kappa shape index (κ3) is 3.05. The molecule has 1 rings (SSSR count). The molecule has 86 valence electrons. The first-order valence-electron chi connectivity index (χ1n) is 4.90. The number of nitrogens with one attached hydrogen (secondary N) is 1. The Kier molecular flexibility index (Phi) is 3.99. The zero-order valence-corrected chi connectivity index (χ0v) is 9.60. The molecule has 0 radical (unpaired) electrons. The van der Waals surface area contributed by atoms with E-state index in [1.807, 2.05) is 0 Å². The fourth-order valence-corrected chi connectivity index (χ4v) is 1.30. The third-order valence-corrected chi connectivity index (χ3v) is 2.05. The molecule has 1 unspecified atom stereocenters. The lowest BCUT2D eigenvalue weighted by atomic mass is 10.1. The van der Waals surface area contributed by atoms with Crippen LogP contribution in [0.5, 0.6) is 0 Å². The number of rotatable bonds is 3. The number of aromatic nitrogens is 1. The van der Waals surface area contributed by atoms with Gasteiger partial charge in [-0.05, 0) is 6.07 Å². The highest BCUT2D eigenvalue weighted by Crippen LogP contribution is 2.13. The second kappa shape index (κ2) is 5.25. The van der Waals surface area contributed by atoms with E-state index in [9.17, 15) is 9.59 Å². The maximum atomic E-state index is 11.9. The molecule has 5 nitrogen and oxygen atoms in total. The molecule has 0 aromatic carbocycles. The first-order valence-corrected chi connectivity index (χ1v) is 4.90. The molecule has 16 heavy (non-hydrogen) atoms. The van der Waals surface area contributed by atoms with Gasteiger partial charge in [-0.3, -0.25) is 14.6 Å². The van der Waals surface area contributed by atoms with Crippen molar-refractivity contribution >= 4 is 11.8 Å². The summed E-state index contributed by atoms with van der Waals surface area (Å²) in [5.41, 5.74) is 0.677. The largest absolute Gasteiger partial charge is 0.347 e. The Bertz CT molecular complexity index is 376. The summed E-state index contributed by atoms with van der Waals surface area (Å²) in [7, 11) is 3.29. The first-order chi connectivity index (χ1) is 7.52. The minimum atomic E-state index is -0.666. The van der Waals surface area contributed by atoms with Crippen LogP contribution in [0.3, 0.4) is 0 Å². The molecule has 1 aromatic rings. The van der Waals surface area contributed by atoms with Crippen molar-refractivity contribution in [1.82, 2.24) is 15.2 Å². The SMILES string of the molecule is CC(=O)NC(C(=O)N(C)C)c1cccnc1. The smallest absolute Gasteiger partial charge is 0.249 e. The van der Waals surface area contributed by atoms with Crippen LogP contribution in [0.1, 0.15) is 18.5 Å². The Hall–Kier alpha value is -1.91. The van der Waals surface area contributed by atoms with Gasteiger partial charge in [0.05, 0.1) is 0 Å². The molecule has 0 spiro atoms. The van der Waals surface area contributed by atoms with Gasteiger partial charge in [-0.2, -0.15) is 0 Å². The summed E-state index contributed by atoms with van der Waals surface area (Å²) in [4.78, 5) is 28.3. The minimum absolute atomic E-state index is 0.178. The molecule has 1 heterocycles. The van der Waals surface area contributed by atoms with Crippen molar-refractivity contribution in [3.63, 3.8) is 0 Å². The zero-order chi connectivity index (χ0) is 12.1. The van der Waals surface area contributed by atoms with E-state index in [0.29, 0.717) is 5.56 Å². The summed E-state index contributed by atoms with van der Waals surface area (Å²) in [6.07, 6.45) is 3.19. The fourth-order valence-electron chi connectivity index (χ4n) is 1.30. The Balaban J connectivity index is 2.96. The Morgan fingerprint density at radius 3 is 2.56 bits per heavy atom. The lowest BCUT2D eigenvalue weighted by molar-refractivity contribution is -0.134. The van der Waals surface area contributed by atoms with Gasteiger partial charge in [0.25, 0.3) is 0 Å². The van der Waals surface area contributed by atoms with Crippen LogP contribution in [0.15, 0.2) is 24.5 Å². The minimum Gasteiger partial charge on any atom is -0.347 e. The Morgan fingerprint density at radius 2 is 2.12 bits per heavy atom. The van der Waals surface area contributed by atoms with E-state index >= 15 is 0 Å². The fraction of sp³-hybridized carbons (Fsp3) is 0.364. The van der Waals surface area contributed by atoms with E-state index in [-0.39, 0.29) is 11.8 Å². The van der Waals surface area contributed by atoms with Gasteiger partial charge in [0.15, 0.2) is 0 Å². The van der Waals surface area contributed by atoms with Crippen molar-refractivity contribution < 1.29 is 9.59 Å². The zero-order valence-electron chi connectivity index (χ0n) is 9.60. The average Bonchev–Trinajstić information content (AvgIpc) is 2.26. The van der Waals surface area contributed by atoms with Crippen LogP contribution in [-0.4, -0.2) is 35.8 Å². The molecular weight excluding hydrogens is 206 g/mol. The molecule has 1 atom stereocenters. The van der Waals surface area contributed by atoms with E-state index in [4.69, 9.17) is 0 Å². The molecule has 0 aliphatic heterocycles. The number of nitrogens with zero attached hydrogens (tertiary/aromatic N) is 2. The maximum absolute atomic E-state index is 11.9. The molecule has 0 aliphatic carbocycles. The van der Waals surface area contributed by atoms with Gasteiger partial charge in [-0.15, -0.1) is 0 Å².